The molecule has 6 rings (SSSR count). The minimum Gasteiger partial charge on any atom is -0.366 e. The van der Waals surface area contributed by atoms with Crippen molar-refractivity contribution in [2.75, 3.05) is 10.6 Å². The van der Waals surface area contributed by atoms with Gasteiger partial charge < -0.3 is 16.0 Å². The first-order chi connectivity index (χ1) is 15.9. The molecule has 1 atom stereocenters. The molecular weight excluding hydrogens is 457 g/mol. The Kier molecular flexibility index (Phi) is 4.68. The molecule has 1 saturated carbocycles. The van der Waals surface area contributed by atoms with Crippen molar-refractivity contribution in [3.05, 3.63) is 81.3 Å². The molecule has 1 fully saturated rings. The number of fused-ring (bicyclic) bond motifs is 3. The van der Waals surface area contributed by atoms with Gasteiger partial charge in [-0.1, -0.05) is 47.5 Å². The zero-order valence-corrected chi connectivity index (χ0v) is 19.2. The van der Waals surface area contributed by atoms with Crippen LogP contribution in [-0.4, -0.2) is 17.9 Å². The topological polar surface area (TPSA) is 70.2 Å². The van der Waals surface area contributed by atoms with E-state index in [-0.39, 0.29) is 17.9 Å². The normalized spacial score (nSPS) is 20.2. The molecule has 2 aliphatic heterocycles. The largest absolute Gasteiger partial charge is 0.366 e. The predicted octanol–water partition coefficient (Wildman–Crippen LogP) is 5.76. The van der Waals surface area contributed by atoms with Crippen molar-refractivity contribution in [2.24, 2.45) is 0 Å². The minimum atomic E-state index is -1.10. The first-order valence-corrected chi connectivity index (χ1v) is 11.8. The average Bonchev–Trinajstić information content (AvgIpc) is 2.92. The van der Waals surface area contributed by atoms with Gasteiger partial charge in [0.1, 0.15) is 5.54 Å². The highest BCUT2D eigenvalue weighted by Gasteiger charge is 2.49. The number of carbonyl (C=O) groups excluding carboxylic acids is 2. The van der Waals surface area contributed by atoms with E-state index < -0.39 is 5.54 Å². The maximum atomic E-state index is 13.5. The summed E-state index contributed by atoms with van der Waals surface area (Å²) in [5, 5.41) is 10.8. The Labute approximate surface area is 201 Å². The lowest BCUT2D eigenvalue weighted by Crippen LogP contribution is -2.45. The van der Waals surface area contributed by atoms with Gasteiger partial charge in [-0.05, 0) is 55.2 Å². The fourth-order valence-electron chi connectivity index (χ4n) is 5.01. The number of rotatable bonds is 4. The summed E-state index contributed by atoms with van der Waals surface area (Å²) in [7, 11) is 0. The number of anilines is 2. The lowest BCUT2D eigenvalue weighted by Gasteiger charge is -2.31. The number of para-hydroxylation sites is 1. The van der Waals surface area contributed by atoms with E-state index in [4.69, 9.17) is 23.2 Å². The summed E-state index contributed by atoms with van der Waals surface area (Å²) in [5.41, 5.74) is 4.01. The molecule has 7 heteroatoms. The SMILES string of the molecule is O=C(NC1CCC1)c1cccc2c1NC1(Cc3cccc(Cl)c3)C(=O)Nc3cc(Cl)c-2cc31. The first-order valence-electron chi connectivity index (χ1n) is 11.1. The second-order valence-corrected chi connectivity index (χ2v) is 9.84. The van der Waals surface area contributed by atoms with Gasteiger partial charge in [-0.3, -0.25) is 9.59 Å². The molecule has 0 spiro atoms. The molecule has 1 aliphatic carbocycles. The van der Waals surface area contributed by atoms with Gasteiger partial charge in [-0.2, -0.15) is 0 Å². The highest BCUT2D eigenvalue weighted by atomic mass is 35.5. The van der Waals surface area contributed by atoms with Crippen LogP contribution in [0, 0.1) is 0 Å². The molecule has 2 bridgehead atoms. The molecule has 2 heterocycles. The Morgan fingerprint density at radius 3 is 2.64 bits per heavy atom. The Hall–Kier alpha value is -3.02. The molecule has 1 unspecified atom stereocenters. The van der Waals surface area contributed by atoms with E-state index in [0.717, 1.165) is 41.5 Å². The van der Waals surface area contributed by atoms with Gasteiger partial charge >= 0.3 is 0 Å². The number of nitrogens with one attached hydrogen (secondary N) is 3. The molecule has 33 heavy (non-hydrogen) atoms. The van der Waals surface area contributed by atoms with Crippen LogP contribution in [0.4, 0.5) is 11.4 Å². The van der Waals surface area contributed by atoms with Crippen LogP contribution >= 0.6 is 23.2 Å². The van der Waals surface area contributed by atoms with Gasteiger partial charge in [-0.25, -0.2) is 0 Å². The molecule has 3 aromatic rings. The summed E-state index contributed by atoms with van der Waals surface area (Å²) in [6.07, 6.45) is 3.48. The van der Waals surface area contributed by atoms with Gasteiger partial charge in [-0.15, -0.1) is 0 Å². The second kappa shape index (κ2) is 7.51. The standard InChI is InChI=1S/C26H21Cl2N3O2/c27-15-5-1-4-14(10-15)13-26-20-11-19(21(28)12-22(20)30-25(26)33)17-8-3-9-18(23(17)31-26)24(32)29-16-6-2-7-16/h1,3-5,8-12,16,31H,2,6-7,13H2,(H,29,32)(H,30,33). The van der Waals surface area contributed by atoms with Crippen LogP contribution in [-0.2, 0) is 16.8 Å². The monoisotopic (exact) mass is 477 g/mol. The van der Waals surface area contributed by atoms with Crippen molar-refractivity contribution in [3.8, 4) is 11.1 Å². The van der Waals surface area contributed by atoms with E-state index in [0.29, 0.717) is 33.4 Å². The summed E-state index contributed by atoms with van der Waals surface area (Å²) >= 11 is 12.9. The van der Waals surface area contributed by atoms with E-state index >= 15 is 0 Å². The van der Waals surface area contributed by atoms with Gasteiger partial charge in [0.15, 0.2) is 0 Å². The number of carbonyl (C=O) groups is 2. The van der Waals surface area contributed by atoms with Crippen molar-refractivity contribution >= 4 is 46.4 Å². The number of halogens is 2. The van der Waals surface area contributed by atoms with Crippen LogP contribution in [0.25, 0.3) is 11.1 Å². The van der Waals surface area contributed by atoms with Gasteiger partial charge in [0, 0.05) is 39.9 Å². The maximum absolute atomic E-state index is 13.5. The third-order valence-electron chi connectivity index (χ3n) is 6.94. The summed E-state index contributed by atoms with van der Waals surface area (Å²) in [6, 6.07) is 17.0. The zero-order chi connectivity index (χ0) is 22.7. The fourth-order valence-corrected chi connectivity index (χ4v) is 5.49. The van der Waals surface area contributed by atoms with Crippen molar-refractivity contribution in [1.29, 1.82) is 0 Å². The lowest BCUT2D eigenvalue weighted by molar-refractivity contribution is -0.119. The third-order valence-corrected chi connectivity index (χ3v) is 7.49. The Morgan fingerprint density at radius 1 is 1.06 bits per heavy atom. The smallest absolute Gasteiger partial charge is 0.255 e. The number of hydrogen-bond acceptors (Lipinski definition) is 3. The van der Waals surface area contributed by atoms with Gasteiger partial charge in [0.05, 0.1) is 16.3 Å². The average molecular weight is 478 g/mol. The van der Waals surface area contributed by atoms with Crippen LogP contribution in [0.15, 0.2) is 54.6 Å². The van der Waals surface area contributed by atoms with Crippen molar-refractivity contribution in [1.82, 2.24) is 5.32 Å². The van der Waals surface area contributed by atoms with Gasteiger partial charge in [0.2, 0.25) is 0 Å². The fraction of sp³-hybridized carbons (Fsp3) is 0.231. The molecule has 5 nitrogen and oxygen atoms in total. The second-order valence-electron chi connectivity index (χ2n) is 9.00. The minimum absolute atomic E-state index is 0.147. The Morgan fingerprint density at radius 2 is 1.88 bits per heavy atom. The Balaban J connectivity index is 1.53. The first kappa shape index (κ1) is 20.6. The molecule has 3 N–H and O–H groups in total. The Bertz CT molecular complexity index is 1340. The van der Waals surface area contributed by atoms with Crippen LogP contribution in [0.5, 0.6) is 0 Å². The van der Waals surface area contributed by atoms with E-state index in [2.05, 4.69) is 16.0 Å². The molecule has 3 aliphatic rings. The van der Waals surface area contributed by atoms with Gasteiger partial charge in [0.25, 0.3) is 11.8 Å². The molecule has 2 amide bonds. The zero-order valence-electron chi connectivity index (χ0n) is 17.7. The summed E-state index contributed by atoms with van der Waals surface area (Å²) < 4.78 is 0. The highest BCUT2D eigenvalue weighted by Crippen LogP contribution is 2.50. The third kappa shape index (κ3) is 3.22. The van der Waals surface area contributed by atoms with Crippen LogP contribution in [0.3, 0.4) is 0 Å². The van der Waals surface area contributed by atoms with E-state index in [1.54, 1.807) is 12.1 Å². The summed E-state index contributed by atoms with van der Waals surface area (Å²) in [5.74, 6) is -0.334. The molecule has 166 valence electrons. The van der Waals surface area contributed by atoms with Crippen molar-refractivity contribution in [2.45, 2.75) is 37.3 Å². The molecule has 0 saturated heterocycles. The number of hydrogen-bond donors (Lipinski definition) is 3. The van der Waals surface area contributed by atoms with Crippen molar-refractivity contribution < 1.29 is 9.59 Å². The predicted molar refractivity (Wildman–Crippen MR) is 131 cm³/mol. The van der Waals surface area contributed by atoms with Crippen molar-refractivity contribution in [3.63, 3.8) is 0 Å². The summed E-state index contributed by atoms with van der Waals surface area (Å²) in [4.78, 5) is 26.8. The van der Waals surface area contributed by atoms with Crippen LogP contribution < -0.4 is 16.0 Å². The summed E-state index contributed by atoms with van der Waals surface area (Å²) in [6.45, 7) is 0. The van der Waals surface area contributed by atoms with Crippen LogP contribution in [0.2, 0.25) is 10.0 Å². The maximum Gasteiger partial charge on any atom is 0.255 e. The quantitative estimate of drug-likeness (QED) is 0.447. The molecule has 0 radical (unpaired) electrons. The molecule has 3 aromatic carbocycles. The molecule has 0 aromatic heterocycles. The lowest BCUT2D eigenvalue weighted by atomic mass is 9.84. The van der Waals surface area contributed by atoms with E-state index in [9.17, 15) is 9.59 Å². The van der Waals surface area contributed by atoms with Crippen LogP contribution in [0.1, 0.15) is 40.7 Å². The molecular formula is C26H21Cl2N3O2. The van der Waals surface area contributed by atoms with E-state index in [1.807, 2.05) is 42.5 Å². The van der Waals surface area contributed by atoms with E-state index in [1.165, 1.54) is 0 Å². The number of benzene rings is 3. The number of amides is 2. The highest BCUT2D eigenvalue weighted by molar-refractivity contribution is 6.34.